The molecule has 0 aromatic carbocycles. The number of carbonyl (C=O) groups excluding carboxylic acids is 1. The van der Waals surface area contributed by atoms with E-state index in [0.29, 0.717) is 26.2 Å². The lowest BCUT2D eigenvalue weighted by Gasteiger charge is -2.04. The van der Waals surface area contributed by atoms with E-state index in [0.717, 1.165) is 12.8 Å². The molecule has 0 amide bonds. The van der Waals surface area contributed by atoms with Gasteiger partial charge in [-0.05, 0) is 31.4 Å². The molecule has 1 aromatic heterocycles. The molecule has 1 rings (SSSR count). The van der Waals surface area contributed by atoms with Gasteiger partial charge in [0.2, 0.25) is 0 Å². The van der Waals surface area contributed by atoms with Crippen LogP contribution in [0.25, 0.3) is 0 Å². The van der Waals surface area contributed by atoms with E-state index >= 15 is 0 Å². The highest BCUT2D eigenvalue weighted by molar-refractivity contribution is 5.69. The van der Waals surface area contributed by atoms with Crippen molar-refractivity contribution in [2.24, 2.45) is 0 Å². The Morgan fingerprint density at radius 3 is 3.00 bits per heavy atom. The summed E-state index contributed by atoms with van der Waals surface area (Å²) in [5.74, 6) is -0.195. The van der Waals surface area contributed by atoms with Crippen LogP contribution in [0.4, 0.5) is 0 Å². The molecule has 4 heteroatoms. The molecule has 17 heavy (non-hydrogen) atoms. The van der Waals surface area contributed by atoms with Gasteiger partial charge in [-0.15, -0.1) is 0 Å². The Labute approximate surface area is 102 Å². The first-order chi connectivity index (χ1) is 8.33. The monoisotopic (exact) mass is 237 g/mol. The Balaban J connectivity index is 1.96. The maximum atomic E-state index is 11.0. The molecule has 1 heterocycles. The predicted octanol–water partition coefficient (Wildman–Crippen LogP) is 1.98. The van der Waals surface area contributed by atoms with Gasteiger partial charge in [0, 0.05) is 19.0 Å². The molecule has 0 saturated heterocycles. The molecule has 0 fully saturated rings. The summed E-state index contributed by atoms with van der Waals surface area (Å²) in [6.07, 6.45) is 5.85. The van der Waals surface area contributed by atoms with E-state index < -0.39 is 0 Å². The van der Waals surface area contributed by atoms with Gasteiger partial charge in [-0.2, -0.15) is 0 Å². The number of carbonyl (C=O) groups is 1. The largest absolute Gasteiger partial charge is 0.466 e. The average molecular weight is 237 g/mol. The van der Waals surface area contributed by atoms with E-state index in [1.165, 1.54) is 5.56 Å². The Bertz CT molecular complexity index is 314. The molecule has 0 aliphatic heterocycles. The maximum absolute atomic E-state index is 11.0. The number of aryl methyl sites for hydroxylation is 1. The van der Waals surface area contributed by atoms with Gasteiger partial charge < -0.3 is 9.47 Å². The lowest BCUT2D eigenvalue weighted by atomic mass is 10.2. The molecule has 4 nitrogen and oxygen atoms in total. The number of rotatable bonds is 8. The Hall–Kier alpha value is -1.42. The number of pyridine rings is 1. The summed E-state index contributed by atoms with van der Waals surface area (Å²) in [5.41, 5.74) is 1.21. The smallest absolute Gasteiger partial charge is 0.308 e. The van der Waals surface area contributed by atoms with Crippen molar-refractivity contribution in [1.29, 1.82) is 0 Å². The quantitative estimate of drug-likeness (QED) is 0.512. The number of esters is 1. The molecule has 0 spiro atoms. The molecule has 0 unspecified atom stereocenters. The first-order valence-electron chi connectivity index (χ1n) is 5.95. The minimum Gasteiger partial charge on any atom is -0.466 e. The first-order valence-corrected chi connectivity index (χ1v) is 5.95. The van der Waals surface area contributed by atoms with Crippen LogP contribution in [0.1, 0.15) is 25.3 Å². The predicted molar refractivity (Wildman–Crippen MR) is 64.6 cm³/mol. The van der Waals surface area contributed by atoms with Crippen molar-refractivity contribution < 1.29 is 14.3 Å². The molecule has 1 aromatic rings. The van der Waals surface area contributed by atoms with E-state index in [4.69, 9.17) is 9.47 Å². The van der Waals surface area contributed by atoms with Crippen LogP contribution in [0.5, 0.6) is 0 Å². The normalized spacial score (nSPS) is 10.2. The standard InChI is InChI=1S/C13H19NO3/c1-2-17-13(15)7-10-16-9-4-6-12-5-3-8-14-11-12/h3,5,8,11H,2,4,6-7,9-10H2,1H3. The van der Waals surface area contributed by atoms with Crippen LogP contribution in [0.2, 0.25) is 0 Å². The van der Waals surface area contributed by atoms with Gasteiger partial charge in [0.05, 0.1) is 19.6 Å². The van der Waals surface area contributed by atoms with Gasteiger partial charge in [-0.3, -0.25) is 9.78 Å². The molecule has 0 saturated carbocycles. The fraction of sp³-hybridized carbons (Fsp3) is 0.538. The van der Waals surface area contributed by atoms with Crippen molar-refractivity contribution in [2.45, 2.75) is 26.2 Å². The Kier molecular flexibility index (Phi) is 6.98. The minimum absolute atomic E-state index is 0.195. The third-order valence-corrected chi connectivity index (χ3v) is 2.23. The minimum atomic E-state index is -0.195. The van der Waals surface area contributed by atoms with Gasteiger partial charge in [-0.1, -0.05) is 6.07 Å². The highest BCUT2D eigenvalue weighted by Crippen LogP contribution is 2.00. The van der Waals surface area contributed by atoms with Crippen molar-refractivity contribution in [3.8, 4) is 0 Å². The lowest BCUT2D eigenvalue weighted by molar-refractivity contribution is -0.144. The number of hydrogen-bond acceptors (Lipinski definition) is 4. The van der Waals surface area contributed by atoms with E-state index in [1.807, 2.05) is 18.3 Å². The van der Waals surface area contributed by atoms with Crippen molar-refractivity contribution in [1.82, 2.24) is 4.98 Å². The van der Waals surface area contributed by atoms with Crippen LogP contribution >= 0.6 is 0 Å². The van der Waals surface area contributed by atoms with Gasteiger partial charge in [0.15, 0.2) is 0 Å². The molecular weight excluding hydrogens is 218 g/mol. The lowest BCUT2D eigenvalue weighted by Crippen LogP contribution is -2.08. The molecular formula is C13H19NO3. The summed E-state index contributed by atoms with van der Waals surface area (Å²) < 4.78 is 10.1. The highest BCUT2D eigenvalue weighted by Gasteiger charge is 2.00. The molecule has 0 radical (unpaired) electrons. The Morgan fingerprint density at radius 1 is 1.41 bits per heavy atom. The maximum Gasteiger partial charge on any atom is 0.308 e. The molecule has 0 aliphatic carbocycles. The number of hydrogen-bond donors (Lipinski definition) is 0. The summed E-state index contributed by atoms with van der Waals surface area (Å²) >= 11 is 0. The highest BCUT2D eigenvalue weighted by atomic mass is 16.5. The van der Waals surface area contributed by atoms with Crippen molar-refractivity contribution in [3.05, 3.63) is 30.1 Å². The van der Waals surface area contributed by atoms with Crippen LogP contribution in [-0.2, 0) is 20.7 Å². The second-order valence-corrected chi connectivity index (χ2v) is 3.63. The third-order valence-electron chi connectivity index (χ3n) is 2.23. The number of ether oxygens (including phenoxy) is 2. The van der Waals surface area contributed by atoms with E-state index in [1.54, 1.807) is 13.1 Å². The third kappa shape index (κ3) is 6.68. The SMILES string of the molecule is CCOC(=O)CCOCCCc1cccnc1. The summed E-state index contributed by atoms with van der Waals surface area (Å²) in [6, 6.07) is 3.97. The fourth-order valence-corrected chi connectivity index (χ4v) is 1.42. The Morgan fingerprint density at radius 2 is 2.29 bits per heavy atom. The first kappa shape index (κ1) is 13.6. The van der Waals surface area contributed by atoms with Crippen LogP contribution in [0.15, 0.2) is 24.5 Å². The van der Waals surface area contributed by atoms with Crippen LogP contribution in [-0.4, -0.2) is 30.8 Å². The molecule has 0 bridgehead atoms. The van der Waals surface area contributed by atoms with Crippen LogP contribution in [0, 0.1) is 0 Å². The molecule has 0 N–H and O–H groups in total. The summed E-state index contributed by atoms with van der Waals surface area (Å²) in [6.45, 7) is 3.33. The van der Waals surface area contributed by atoms with E-state index in [-0.39, 0.29) is 5.97 Å². The zero-order valence-electron chi connectivity index (χ0n) is 10.2. The van der Waals surface area contributed by atoms with Crippen molar-refractivity contribution in [2.75, 3.05) is 19.8 Å². The molecule has 94 valence electrons. The fourth-order valence-electron chi connectivity index (χ4n) is 1.42. The van der Waals surface area contributed by atoms with Gasteiger partial charge in [-0.25, -0.2) is 0 Å². The van der Waals surface area contributed by atoms with Gasteiger partial charge >= 0.3 is 5.97 Å². The number of nitrogens with zero attached hydrogens (tertiary/aromatic N) is 1. The number of aromatic nitrogens is 1. The van der Waals surface area contributed by atoms with Crippen LogP contribution in [0.3, 0.4) is 0 Å². The summed E-state index contributed by atoms with van der Waals surface area (Å²) in [5, 5.41) is 0. The topological polar surface area (TPSA) is 48.4 Å². The average Bonchev–Trinajstić information content (AvgIpc) is 2.35. The van der Waals surface area contributed by atoms with Gasteiger partial charge in [0.25, 0.3) is 0 Å². The van der Waals surface area contributed by atoms with E-state index in [2.05, 4.69) is 4.98 Å². The summed E-state index contributed by atoms with van der Waals surface area (Å²) in [7, 11) is 0. The zero-order valence-corrected chi connectivity index (χ0v) is 10.2. The van der Waals surface area contributed by atoms with Crippen molar-refractivity contribution in [3.63, 3.8) is 0 Å². The van der Waals surface area contributed by atoms with Crippen LogP contribution < -0.4 is 0 Å². The second kappa shape index (κ2) is 8.70. The molecule has 0 aliphatic rings. The van der Waals surface area contributed by atoms with E-state index in [9.17, 15) is 4.79 Å². The second-order valence-electron chi connectivity index (χ2n) is 3.63. The zero-order chi connectivity index (χ0) is 12.3. The molecule has 0 atom stereocenters. The van der Waals surface area contributed by atoms with Gasteiger partial charge in [0.1, 0.15) is 0 Å². The van der Waals surface area contributed by atoms with Crippen molar-refractivity contribution >= 4 is 5.97 Å². The summed E-state index contributed by atoms with van der Waals surface area (Å²) in [4.78, 5) is 15.0.